The van der Waals surface area contributed by atoms with Gasteiger partial charge in [-0.1, -0.05) is 23.2 Å². The highest BCUT2D eigenvalue weighted by molar-refractivity contribution is 14.1. The molecule has 2 aromatic rings. The van der Waals surface area contributed by atoms with Crippen molar-refractivity contribution < 1.29 is 9.53 Å². The van der Waals surface area contributed by atoms with E-state index in [9.17, 15) is 4.79 Å². The fourth-order valence-corrected chi connectivity index (χ4v) is 2.92. The number of benzene rings is 2. The Bertz CT molecular complexity index is 658. The van der Waals surface area contributed by atoms with Crippen LogP contribution >= 0.6 is 34.2 Å². The molecule has 2 aromatic carbocycles. The van der Waals surface area contributed by atoms with Crippen LogP contribution in [0.3, 0.4) is 0 Å². The van der Waals surface area contributed by atoms with E-state index in [0.29, 0.717) is 22.0 Å². The predicted octanol–water partition coefficient (Wildman–Crippen LogP) is 4.51. The standard InChI is InChI=1S/C15H13ClINO2/c1-9-3-5-11(13(17)7-9)15(19)18-10-4-6-14(20-2)12(16)8-10/h3-8H,1-2H3,(H,18,19). The van der Waals surface area contributed by atoms with Gasteiger partial charge < -0.3 is 10.1 Å². The Balaban J connectivity index is 2.21. The Morgan fingerprint density at radius 2 is 2.00 bits per heavy atom. The van der Waals surface area contributed by atoms with Gasteiger partial charge in [0.1, 0.15) is 5.75 Å². The molecule has 0 saturated carbocycles. The second-order valence-corrected chi connectivity index (χ2v) is 5.86. The van der Waals surface area contributed by atoms with Crippen LogP contribution < -0.4 is 10.1 Å². The first-order chi connectivity index (χ1) is 9.51. The normalized spacial score (nSPS) is 10.2. The summed E-state index contributed by atoms with van der Waals surface area (Å²) in [7, 11) is 1.55. The molecule has 0 fully saturated rings. The first kappa shape index (κ1) is 15.1. The molecule has 2 rings (SSSR count). The zero-order valence-corrected chi connectivity index (χ0v) is 13.9. The number of carbonyl (C=O) groups excluding carboxylic acids is 1. The average molecular weight is 402 g/mol. The summed E-state index contributed by atoms with van der Waals surface area (Å²) in [5.74, 6) is 0.421. The molecule has 0 spiro atoms. The second kappa shape index (κ2) is 6.45. The van der Waals surface area contributed by atoms with Gasteiger partial charge in [0, 0.05) is 9.26 Å². The molecule has 1 N–H and O–H groups in total. The summed E-state index contributed by atoms with van der Waals surface area (Å²) in [5.41, 5.74) is 2.40. The van der Waals surface area contributed by atoms with E-state index in [-0.39, 0.29) is 5.91 Å². The number of halogens is 2. The lowest BCUT2D eigenvalue weighted by atomic mass is 10.1. The second-order valence-electron chi connectivity index (χ2n) is 4.29. The number of rotatable bonds is 3. The van der Waals surface area contributed by atoms with Gasteiger partial charge in [0.2, 0.25) is 0 Å². The highest BCUT2D eigenvalue weighted by Gasteiger charge is 2.11. The monoisotopic (exact) mass is 401 g/mol. The van der Waals surface area contributed by atoms with Gasteiger partial charge in [0.25, 0.3) is 5.91 Å². The van der Waals surface area contributed by atoms with E-state index in [1.165, 1.54) is 0 Å². The molecule has 0 heterocycles. The highest BCUT2D eigenvalue weighted by Crippen LogP contribution is 2.27. The molecule has 5 heteroatoms. The van der Waals surface area contributed by atoms with Gasteiger partial charge in [-0.05, 0) is 59.8 Å². The van der Waals surface area contributed by atoms with E-state index in [1.807, 2.05) is 25.1 Å². The Kier molecular flexibility index (Phi) is 4.88. The molecule has 104 valence electrons. The van der Waals surface area contributed by atoms with Crippen LogP contribution in [0.15, 0.2) is 36.4 Å². The molecule has 0 aliphatic rings. The largest absolute Gasteiger partial charge is 0.495 e. The van der Waals surface area contributed by atoms with Crippen LogP contribution in [0.5, 0.6) is 5.75 Å². The molecule has 0 atom stereocenters. The molecule has 0 aliphatic carbocycles. The van der Waals surface area contributed by atoms with E-state index in [2.05, 4.69) is 27.9 Å². The van der Waals surface area contributed by atoms with Gasteiger partial charge in [-0.2, -0.15) is 0 Å². The van der Waals surface area contributed by atoms with Crippen LogP contribution in [-0.4, -0.2) is 13.0 Å². The molecule has 0 bridgehead atoms. The maximum atomic E-state index is 12.2. The Morgan fingerprint density at radius 1 is 1.25 bits per heavy atom. The van der Waals surface area contributed by atoms with E-state index in [4.69, 9.17) is 16.3 Å². The van der Waals surface area contributed by atoms with Crippen molar-refractivity contribution in [2.75, 3.05) is 12.4 Å². The highest BCUT2D eigenvalue weighted by atomic mass is 127. The lowest BCUT2D eigenvalue weighted by Crippen LogP contribution is -2.13. The zero-order valence-electron chi connectivity index (χ0n) is 11.0. The van der Waals surface area contributed by atoms with Crippen LogP contribution in [0.4, 0.5) is 5.69 Å². The Hall–Kier alpha value is -1.27. The van der Waals surface area contributed by atoms with Crippen molar-refractivity contribution in [1.29, 1.82) is 0 Å². The van der Waals surface area contributed by atoms with Crippen LogP contribution in [0, 0.1) is 10.5 Å². The summed E-state index contributed by atoms with van der Waals surface area (Å²) < 4.78 is 5.99. The van der Waals surface area contributed by atoms with Crippen molar-refractivity contribution in [2.45, 2.75) is 6.92 Å². The first-order valence-corrected chi connectivity index (χ1v) is 7.38. The van der Waals surface area contributed by atoms with Crippen LogP contribution in [-0.2, 0) is 0 Å². The first-order valence-electron chi connectivity index (χ1n) is 5.92. The van der Waals surface area contributed by atoms with E-state index in [0.717, 1.165) is 9.13 Å². The molecule has 3 nitrogen and oxygen atoms in total. The number of carbonyl (C=O) groups is 1. The summed E-state index contributed by atoms with van der Waals surface area (Å²) in [6.07, 6.45) is 0. The predicted molar refractivity (Wildman–Crippen MR) is 89.9 cm³/mol. The summed E-state index contributed by atoms with van der Waals surface area (Å²) in [6.45, 7) is 1.99. The fourth-order valence-electron chi connectivity index (χ4n) is 1.75. The maximum Gasteiger partial charge on any atom is 0.256 e. The van der Waals surface area contributed by atoms with Gasteiger partial charge in [-0.15, -0.1) is 0 Å². The number of nitrogens with one attached hydrogen (secondary N) is 1. The lowest BCUT2D eigenvalue weighted by molar-refractivity contribution is 0.102. The summed E-state index contributed by atoms with van der Waals surface area (Å²) >= 11 is 8.19. The number of aryl methyl sites for hydroxylation is 1. The molecule has 0 radical (unpaired) electrons. The maximum absolute atomic E-state index is 12.2. The quantitative estimate of drug-likeness (QED) is 0.768. The van der Waals surface area contributed by atoms with Gasteiger partial charge in [-0.25, -0.2) is 0 Å². The lowest BCUT2D eigenvalue weighted by Gasteiger charge is -2.09. The summed E-state index contributed by atoms with van der Waals surface area (Å²) in [6, 6.07) is 10.8. The molecule has 1 amide bonds. The minimum atomic E-state index is -0.157. The minimum Gasteiger partial charge on any atom is -0.495 e. The molecule has 0 saturated heterocycles. The molecule has 0 aliphatic heterocycles. The van der Waals surface area contributed by atoms with E-state index in [1.54, 1.807) is 25.3 Å². The van der Waals surface area contributed by atoms with Crippen molar-refractivity contribution in [2.24, 2.45) is 0 Å². The van der Waals surface area contributed by atoms with Crippen molar-refractivity contribution in [3.8, 4) is 5.75 Å². The number of amides is 1. The SMILES string of the molecule is COc1ccc(NC(=O)c2ccc(C)cc2I)cc1Cl. The summed E-state index contributed by atoms with van der Waals surface area (Å²) in [4.78, 5) is 12.2. The molecule has 20 heavy (non-hydrogen) atoms. The van der Waals surface area contributed by atoms with Crippen molar-refractivity contribution in [1.82, 2.24) is 0 Å². The average Bonchev–Trinajstić information content (AvgIpc) is 2.38. The zero-order chi connectivity index (χ0) is 14.7. The third-order valence-electron chi connectivity index (χ3n) is 2.78. The number of hydrogen-bond donors (Lipinski definition) is 1. The van der Waals surface area contributed by atoms with Crippen molar-refractivity contribution >= 4 is 45.8 Å². The third-order valence-corrected chi connectivity index (χ3v) is 3.97. The van der Waals surface area contributed by atoms with E-state index >= 15 is 0 Å². The third kappa shape index (κ3) is 3.43. The molecular weight excluding hydrogens is 389 g/mol. The van der Waals surface area contributed by atoms with Crippen LogP contribution in [0.2, 0.25) is 5.02 Å². The minimum absolute atomic E-state index is 0.157. The molecule has 0 aromatic heterocycles. The van der Waals surface area contributed by atoms with Crippen LogP contribution in [0.1, 0.15) is 15.9 Å². The number of methoxy groups -OCH3 is 1. The van der Waals surface area contributed by atoms with E-state index < -0.39 is 0 Å². The number of anilines is 1. The smallest absolute Gasteiger partial charge is 0.256 e. The number of hydrogen-bond acceptors (Lipinski definition) is 2. The summed E-state index contributed by atoms with van der Waals surface area (Å²) in [5, 5.41) is 3.29. The van der Waals surface area contributed by atoms with Gasteiger partial charge >= 0.3 is 0 Å². The van der Waals surface area contributed by atoms with Crippen molar-refractivity contribution in [3.63, 3.8) is 0 Å². The van der Waals surface area contributed by atoms with Gasteiger partial charge in [-0.3, -0.25) is 4.79 Å². The van der Waals surface area contributed by atoms with Crippen molar-refractivity contribution in [3.05, 3.63) is 56.1 Å². The van der Waals surface area contributed by atoms with Crippen LogP contribution in [0.25, 0.3) is 0 Å². The number of ether oxygens (including phenoxy) is 1. The molecule has 0 unspecified atom stereocenters. The van der Waals surface area contributed by atoms with Gasteiger partial charge in [0.15, 0.2) is 0 Å². The molecular formula is C15H13ClINO2. The Labute approximate surface area is 136 Å². The Morgan fingerprint density at radius 3 is 2.60 bits per heavy atom. The van der Waals surface area contributed by atoms with Gasteiger partial charge in [0.05, 0.1) is 17.7 Å². The topological polar surface area (TPSA) is 38.3 Å². The fraction of sp³-hybridized carbons (Fsp3) is 0.133.